The van der Waals surface area contributed by atoms with Crippen LogP contribution in [-0.2, 0) is 10.0 Å². The molecule has 3 aromatic rings. The van der Waals surface area contributed by atoms with E-state index in [0.29, 0.717) is 22.5 Å². The predicted molar refractivity (Wildman–Crippen MR) is 135 cm³/mol. The molecule has 0 fully saturated rings. The van der Waals surface area contributed by atoms with Gasteiger partial charge in [-0.3, -0.25) is 13.9 Å². The summed E-state index contributed by atoms with van der Waals surface area (Å²) >= 11 is 0. The second-order valence-electron chi connectivity index (χ2n) is 9.04. The third-order valence-electron chi connectivity index (χ3n) is 5.08. The smallest absolute Gasteiger partial charge is 0.264 e. The number of nitrogens with one attached hydrogen (secondary N) is 2. The van der Waals surface area contributed by atoms with Crippen molar-refractivity contribution in [2.75, 3.05) is 16.7 Å². The average molecular weight is 480 g/mol. The molecular formula is C26H29N3O4S. The van der Waals surface area contributed by atoms with Gasteiger partial charge in [-0.1, -0.05) is 29.8 Å². The molecule has 2 amide bonds. The molecule has 0 saturated heterocycles. The molecule has 0 heterocycles. The van der Waals surface area contributed by atoms with Crippen LogP contribution in [0.1, 0.15) is 47.1 Å². The summed E-state index contributed by atoms with van der Waals surface area (Å²) in [7, 11) is -2.27. The van der Waals surface area contributed by atoms with Gasteiger partial charge in [0.1, 0.15) is 0 Å². The zero-order valence-electron chi connectivity index (χ0n) is 19.9. The molecular weight excluding hydrogens is 450 g/mol. The number of benzene rings is 3. The highest BCUT2D eigenvalue weighted by molar-refractivity contribution is 7.92. The first-order valence-electron chi connectivity index (χ1n) is 10.8. The third-order valence-corrected chi connectivity index (χ3v) is 6.88. The lowest BCUT2D eigenvalue weighted by molar-refractivity contribution is 0.0920. The molecule has 0 bridgehead atoms. The maximum absolute atomic E-state index is 12.9. The number of carbonyl (C=O) groups is 2. The molecule has 8 heteroatoms. The van der Waals surface area contributed by atoms with Gasteiger partial charge in [0.2, 0.25) is 0 Å². The van der Waals surface area contributed by atoms with Gasteiger partial charge >= 0.3 is 0 Å². The van der Waals surface area contributed by atoms with Gasteiger partial charge in [0, 0.05) is 18.2 Å². The van der Waals surface area contributed by atoms with Gasteiger partial charge in [-0.25, -0.2) is 8.42 Å². The van der Waals surface area contributed by atoms with E-state index in [-0.39, 0.29) is 10.8 Å². The lowest BCUT2D eigenvalue weighted by Gasteiger charge is -2.21. The normalized spacial score (nSPS) is 11.6. The number of amides is 2. The first-order valence-corrected chi connectivity index (χ1v) is 12.2. The Morgan fingerprint density at radius 1 is 0.824 bits per heavy atom. The van der Waals surface area contributed by atoms with Crippen LogP contribution in [0.2, 0.25) is 0 Å². The Morgan fingerprint density at radius 2 is 1.41 bits per heavy atom. The minimum Gasteiger partial charge on any atom is -0.347 e. The zero-order valence-corrected chi connectivity index (χ0v) is 20.7. The van der Waals surface area contributed by atoms with Gasteiger partial charge in [-0.05, 0) is 76.2 Å². The Bertz CT molecular complexity index is 1290. The van der Waals surface area contributed by atoms with Crippen LogP contribution in [0.3, 0.4) is 0 Å². The SMILES string of the molecule is Cc1ccc(S(=O)(=O)N(C)c2ccc(C(=O)Nc3ccccc3C(=O)NC(C)(C)C)cc2)cc1. The molecule has 3 aromatic carbocycles. The van der Waals surface area contributed by atoms with Crippen LogP contribution in [-0.4, -0.2) is 32.8 Å². The molecule has 0 atom stereocenters. The number of sulfonamides is 1. The molecule has 3 rings (SSSR count). The number of nitrogens with zero attached hydrogens (tertiary/aromatic N) is 1. The molecule has 0 unspecified atom stereocenters. The van der Waals surface area contributed by atoms with E-state index in [4.69, 9.17) is 0 Å². The van der Waals surface area contributed by atoms with Crippen molar-refractivity contribution in [2.45, 2.75) is 38.1 Å². The molecule has 0 aliphatic rings. The van der Waals surface area contributed by atoms with E-state index >= 15 is 0 Å². The lowest BCUT2D eigenvalue weighted by Crippen LogP contribution is -2.40. The summed E-state index contributed by atoms with van der Waals surface area (Å²) in [6.45, 7) is 7.52. The second kappa shape index (κ2) is 9.69. The highest BCUT2D eigenvalue weighted by Gasteiger charge is 2.22. The van der Waals surface area contributed by atoms with Crippen molar-refractivity contribution in [2.24, 2.45) is 0 Å². The van der Waals surface area contributed by atoms with Crippen molar-refractivity contribution >= 4 is 33.2 Å². The molecule has 0 radical (unpaired) electrons. The van der Waals surface area contributed by atoms with Gasteiger partial charge in [0.05, 0.1) is 21.8 Å². The first kappa shape index (κ1) is 25.0. The van der Waals surface area contributed by atoms with Crippen LogP contribution >= 0.6 is 0 Å². The molecule has 2 N–H and O–H groups in total. The number of hydrogen-bond acceptors (Lipinski definition) is 4. The molecule has 178 valence electrons. The van der Waals surface area contributed by atoms with E-state index in [1.807, 2.05) is 27.7 Å². The molecule has 0 aromatic heterocycles. The highest BCUT2D eigenvalue weighted by Crippen LogP contribution is 2.23. The number of rotatable bonds is 6. The Hall–Kier alpha value is -3.65. The molecule has 0 saturated carbocycles. The fourth-order valence-corrected chi connectivity index (χ4v) is 4.42. The van der Waals surface area contributed by atoms with Crippen molar-refractivity contribution in [3.05, 3.63) is 89.5 Å². The summed E-state index contributed by atoms with van der Waals surface area (Å²) in [6, 6.07) is 19.6. The van der Waals surface area contributed by atoms with Crippen molar-refractivity contribution < 1.29 is 18.0 Å². The van der Waals surface area contributed by atoms with Crippen molar-refractivity contribution in [3.63, 3.8) is 0 Å². The first-order chi connectivity index (χ1) is 15.9. The summed E-state index contributed by atoms with van der Waals surface area (Å²) in [5, 5.41) is 5.66. The lowest BCUT2D eigenvalue weighted by atomic mass is 10.1. The predicted octanol–water partition coefficient (Wildman–Crippen LogP) is 4.60. The quantitative estimate of drug-likeness (QED) is 0.540. The average Bonchev–Trinajstić information content (AvgIpc) is 2.78. The van der Waals surface area contributed by atoms with E-state index in [1.165, 1.54) is 11.4 Å². The zero-order chi connectivity index (χ0) is 25.1. The highest BCUT2D eigenvalue weighted by atomic mass is 32.2. The molecule has 7 nitrogen and oxygen atoms in total. The van der Waals surface area contributed by atoms with Crippen molar-refractivity contribution in [3.8, 4) is 0 Å². The minimum absolute atomic E-state index is 0.188. The van der Waals surface area contributed by atoms with Gasteiger partial charge in [-0.15, -0.1) is 0 Å². The number of carbonyl (C=O) groups excluding carboxylic acids is 2. The molecule has 34 heavy (non-hydrogen) atoms. The van der Waals surface area contributed by atoms with E-state index in [9.17, 15) is 18.0 Å². The maximum atomic E-state index is 12.9. The van der Waals surface area contributed by atoms with Gasteiger partial charge in [0.25, 0.3) is 21.8 Å². The monoisotopic (exact) mass is 479 g/mol. The van der Waals surface area contributed by atoms with Crippen molar-refractivity contribution in [1.29, 1.82) is 0 Å². The second-order valence-corrected chi connectivity index (χ2v) is 11.0. The number of hydrogen-bond donors (Lipinski definition) is 2. The van der Waals surface area contributed by atoms with E-state index in [0.717, 1.165) is 5.56 Å². The molecule has 0 spiro atoms. The summed E-state index contributed by atoms with van der Waals surface area (Å²) in [6.07, 6.45) is 0. The fraction of sp³-hybridized carbons (Fsp3) is 0.231. The standard InChI is InChI=1S/C26H29N3O4S/c1-18-10-16-21(17-11-18)34(32,33)29(5)20-14-12-19(13-15-20)24(30)27-23-9-7-6-8-22(23)25(31)28-26(2,3)4/h6-17H,1-5H3,(H,27,30)(H,28,31). The van der Waals surface area contributed by atoms with Crippen LogP contribution in [0, 0.1) is 6.92 Å². The topological polar surface area (TPSA) is 95.6 Å². The summed E-state index contributed by atoms with van der Waals surface area (Å²) in [5.74, 6) is -0.701. The fourth-order valence-electron chi connectivity index (χ4n) is 3.22. The Kier molecular flexibility index (Phi) is 7.12. The third kappa shape index (κ3) is 5.82. The summed E-state index contributed by atoms with van der Waals surface area (Å²) < 4.78 is 27.0. The van der Waals surface area contributed by atoms with Gasteiger partial charge in [0.15, 0.2) is 0 Å². The summed E-state index contributed by atoms with van der Waals surface area (Å²) in [4.78, 5) is 25.6. The van der Waals surface area contributed by atoms with Gasteiger partial charge in [-0.2, -0.15) is 0 Å². The number of anilines is 2. The van der Waals surface area contributed by atoms with E-state index in [2.05, 4.69) is 10.6 Å². The molecule has 0 aliphatic heterocycles. The Morgan fingerprint density at radius 3 is 2.00 bits per heavy atom. The van der Waals surface area contributed by atoms with Gasteiger partial charge < -0.3 is 10.6 Å². The largest absolute Gasteiger partial charge is 0.347 e. The molecule has 0 aliphatic carbocycles. The van der Waals surface area contributed by atoms with Crippen LogP contribution in [0.4, 0.5) is 11.4 Å². The Balaban J connectivity index is 1.78. The van der Waals surface area contributed by atoms with E-state index in [1.54, 1.807) is 72.8 Å². The number of para-hydroxylation sites is 1. The van der Waals surface area contributed by atoms with Crippen LogP contribution in [0.15, 0.2) is 77.7 Å². The van der Waals surface area contributed by atoms with Crippen LogP contribution < -0.4 is 14.9 Å². The van der Waals surface area contributed by atoms with Crippen LogP contribution in [0.5, 0.6) is 0 Å². The van der Waals surface area contributed by atoms with E-state index < -0.39 is 21.5 Å². The van der Waals surface area contributed by atoms with Crippen molar-refractivity contribution in [1.82, 2.24) is 5.32 Å². The van der Waals surface area contributed by atoms with Crippen LogP contribution in [0.25, 0.3) is 0 Å². The Labute approximate surface area is 200 Å². The minimum atomic E-state index is -3.73. The maximum Gasteiger partial charge on any atom is 0.264 e. The number of aryl methyl sites for hydroxylation is 1. The summed E-state index contributed by atoms with van der Waals surface area (Å²) in [5.41, 5.74) is 2.03.